The van der Waals surface area contributed by atoms with E-state index >= 15 is 4.39 Å². The quantitative estimate of drug-likeness (QED) is 0.224. The van der Waals surface area contributed by atoms with Crippen LogP contribution in [0.1, 0.15) is 53.2 Å². The van der Waals surface area contributed by atoms with Gasteiger partial charge in [-0.05, 0) is 68.2 Å². The van der Waals surface area contributed by atoms with Crippen molar-refractivity contribution in [2.75, 3.05) is 18.0 Å². The molecule has 7 nitrogen and oxygen atoms in total. The Labute approximate surface area is 258 Å². The molecule has 0 spiro atoms. The van der Waals surface area contributed by atoms with Crippen molar-refractivity contribution in [1.82, 2.24) is 19.4 Å². The van der Waals surface area contributed by atoms with Crippen LogP contribution in [0.15, 0.2) is 66.6 Å². The first-order valence-electron chi connectivity index (χ1n) is 15.2. The lowest BCUT2D eigenvalue weighted by Crippen LogP contribution is -2.58. The van der Waals surface area contributed by atoms with Gasteiger partial charge in [0.25, 0.3) is 0 Å². The van der Waals surface area contributed by atoms with Gasteiger partial charge in [0.15, 0.2) is 0 Å². The number of aromatic nitrogens is 3. The number of rotatable bonds is 6. The number of hydrogen-bond donors (Lipinski definition) is 0. The Morgan fingerprint density at radius 1 is 1.21 bits per heavy atom. The molecule has 1 aliphatic rings. The zero-order valence-corrected chi connectivity index (χ0v) is 25.6. The molecular formula is C34H35ClFN5O2. The molecule has 0 unspecified atom stereocenters. The van der Waals surface area contributed by atoms with E-state index in [-0.39, 0.29) is 34.5 Å². The Morgan fingerprint density at radius 3 is 2.58 bits per heavy atom. The summed E-state index contributed by atoms with van der Waals surface area (Å²) in [6.07, 6.45) is 4.25. The highest BCUT2D eigenvalue weighted by Crippen LogP contribution is 2.40. The smallest absolute Gasteiger partial charge is 0.347 e. The molecule has 0 bridgehead atoms. The van der Waals surface area contributed by atoms with E-state index in [4.69, 9.17) is 14.3 Å². The minimum absolute atomic E-state index is 0.0281. The maximum atomic E-state index is 15.6. The molecule has 0 saturated carbocycles. The largest absolute Gasteiger partial charge is 0.354 e. The number of carbonyl (C=O) groups is 1. The fraction of sp³-hybridized carbons (Fsp3) is 0.294. The molecule has 222 valence electrons. The zero-order valence-electron chi connectivity index (χ0n) is 26.9. The fourth-order valence-corrected chi connectivity index (χ4v) is 6.37. The number of piperazine rings is 1. The van der Waals surface area contributed by atoms with E-state index in [1.165, 1.54) is 28.9 Å². The molecule has 5 rings (SSSR count). The number of fused-ring (bicyclic) bond motifs is 1. The Bertz CT molecular complexity index is 1910. The summed E-state index contributed by atoms with van der Waals surface area (Å²) in [6.45, 7) is 13.7. The van der Waals surface area contributed by atoms with Crippen molar-refractivity contribution in [1.29, 1.82) is 0 Å². The monoisotopic (exact) mass is 601 g/mol. The number of anilines is 1. The topological polar surface area (TPSA) is 71.3 Å². The lowest BCUT2D eigenvalue weighted by atomic mass is 9.97. The molecule has 1 fully saturated rings. The molecule has 9 heteroatoms. The van der Waals surface area contributed by atoms with Crippen molar-refractivity contribution in [3.63, 3.8) is 0 Å². The Balaban J connectivity index is 1.88. The third-order valence-electron chi connectivity index (χ3n) is 8.01. The van der Waals surface area contributed by atoms with Crippen LogP contribution in [0.3, 0.4) is 0 Å². The molecule has 1 aliphatic heterocycles. The molecule has 0 radical (unpaired) electrons. The maximum Gasteiger partial charge on any atom is 0.354 e. The fourth-order valence-electron chi connectivity index (χ4n) is 6.11. The summed E-state index contributed by atoms with van der Waals surface area (Å²) in [5, 5.41) is 0.776. The van der Waals surface area contributed by atoms with Crippen LogP contribution in [-0.2, 0) is 4.79 Å². The maximum absolute atomic E-state index is 15.6. The third kappa shape index (κ3) is 5.25. The van der Waals surface area contributed by atoms with Gasteiger partial charge < -0.3 is 9.80 Å². The number of pyridine rings is 1. The van der Waals surface area contributed by atoms with Crippen LogP contribution in [0, 0.1) is 12.7 Å². The van der Waals surface area contributed by atoms with Crippen molar-refractivity contribution >= 4 is 40.3 Å². The van der Waals surface area contributed by atoms with Gasteiger partial charge in [-0.25, -0.2) is 9.18 Å². The van der Waals surface area contributed by atoms with Gasteiger partial charge >= 0.3 is 5.69 Å². The van der Waals surface area contributed by atoms with Crippen LogP contribution in [0.5, 0.6) is 0 Å². The number of carbonyl (C=O) groups excluding carboxylic acids is 1. The molecule has 0 aliphatic carbocycles. The van der Waals surface area contributed by atoms with Gasteiger partial charge in [-0.2, -0.15) is 4.98 Å². The first-order chi connectivity index (χ1) is 21.3. The number of aryl methyl sites for hydroxylation is 1. The summed E-state index contributed by atoms with van der Waals surface area (Å²) in [5.74, 6) is -0.369. The van der Waals surface area contributed by atoms with E-state index in [1.807, 2.05) is 45.6 Å². The molecule has 43 heavy (non-hydrogen) atoms. The minimum atomic E-state index is -0.583. The molecular weight excluding hydrogens is 565 g/mol. The van der Waals surface area contributed by atoms with Gasteiger partial charge in [0, 0.05) is 52.9 Å². The second kappa shape index (κ2) is 11.8. The first-order valence-corrected chi connectivity index (χ1v) is 14.6. The van der Waals surface area contributed by atoms with Crippen LogP contribution < -0.4 is 10.6 Å². The van der Waals surface area contributed by atoms with E-state index in [9.17, 15) is 9.59 Å². The predicted molar refractivity (Wildman–Crippen MR) is 173 cm³/mol. The Hall–Kier alpha value is -4.30. The van der Waals surface area contributed by atoms with E-state index in [0.717, 1.165) is 5.56 Å². The van der Waals surface area contributed by atoms with E-state index in [1.54, 1.807) is 29.3 Å². The van der Waals surface area contributed by atoms with Gasteiger partial charge in [0.1, 0.15) is 11.6 Å². The molecule has 3 heterocycles. The standard InChI is InChI=1S/C34H35ClFN5O2/c1-8-23-11-10-12-27(36)30(23)24-16-28-25(15-26(24)35)33(40-21(6)17-39(18-22(40)7)29(42)9-2)38-34(43)41(28)32-20(5)13-14-37-31(32)19(3)4/h8-16,19,21-22H,1-2,17-18H2,3-7H3/t21-,22-/m0/s1/i1D2. The minimum Gasteiger partial charge on any atom is -0.347 e. The normalized spacial score (nSPS) is 17.6. The van der Waals surface area contributed by atoms with E-state index in [0.29, 0.717) is 52.3 Å². The summed E-state index contributed by atoms with van der Waals surface area (Å²) >= 11 is 6.95. The molecule has 1 amide bonds. The molecule has 2 aromatic carbocycles. The molecule has 0 N–H and O–H groups in total. The van der Waals surface area contributed by atoms with Crippen molar-refractivity contribution in [3.8, 4) is 16.8 Å². The van der Waals surface area contributed by atoms with Crippen LogP contribution >= 0.6 is 11.6 Å². The van der Waals surface area contributed by atoms with Crippen LogP contribution in [-0.4, -0.2) is 50.5 Å². The summed E-state index contributed by atoms with van der Waals surface area (Å²) in [7, 11) is 0. The zero-order chi connectivity index (χ0) is 32.7. The number of benzene rings is 2. The van der Waals surface area contributed by atoms with E-state index < -0.39 is 18.0 Å². The first kappa shape index (κ1) is 27.5. The summed E-state index contributed by atoms with van der Waals surface area (Å²) < 4.78 is 32.5. The molecule has 4 aromatic rings. The van der Waals surface area contributed by atoms with Crippen molar-refractivity contribution in [2.45, 2.75) is 52.6 Å². The summed E-state index contributed by atoms with van der Waals surface area (Å²) in [5.41, 5.74) is 2.73. The number of nitrogens with zero attached hydrogens (tertiary/aromatic N) is 5. The Kier molecular flexibility index (Phi) is 7.53. The highest BCUT2D eigenvalue weighted by Gasteiger charge is 2.34. The second-order valence-electron chi connectivity index (χ2n) is 11.3. The summed E-state index contributed by atoms with van der Waals surface area (Å²) in [6, 6.07) is 9.20. The van der Waals surface area contributed by atoms with E-state index in [2.05, 4.69) is 16.5 Å². The summed E-state index contributed by atoms with van der Waals surface area (Å²) in [4.78, 5) is 39.7. The van der Waals surface area contributed by atoms with Crippen LogP contribution in [0.2, 0.25) is 5.02 Å². The molecule has 2 atom stereocenters. The Morgan fingerprint density at radius 2 is 1.93 bits per heavy atom. The highest BCUT2D eigenvalue weighted by atomic mass is 35.5. The van der Waals surface area contributed by atoms with Gasteiger partial charge in [-0.3, -0.25) is 14.3 Å². The van der Waals surface area contributed by atoms with Gasteiger partial charge in [0.2, 0.25) is 5.91 Å². The second-order valence-corrected chi connectivity index (χ2v) is 11.7. The molecule has 1 saturated heterocycles. The lowest BCUT2D eigenvalue weighted by molar-refractivity contribution is -0.127. The average molecular weight is 602 g/mol. The van der Waals surface area contributed by atoms with Crippen LogP contribution in [0.25, 0.3) is 33.8 Å². The molecule has 2 aromatic heterocycles. The number of halogens is 2. The highest BCUT2D eigenvalue weighted by molar-refractivity contribution is 6.34. The van der Waals surface area contributed by atoms with Gasteiger partial charge in [-0.1, -0.05) is 56.8 Å². The number of amides is 1. The predicted octanol–water partition coefficient (Wildman–Crippen LogP) is 6.93. The van der Waals surface area contributed by atoms with Gasteiger partial charge in [0.05, 0.1) is 19.6 Å². The van der Waals surface area contributed by atoms with Crippen LogP contribution in [0.4, 0.5) is 10.2 Å². The lowest BCUT2D eigenvalue weighted by Gasteiger charge is -2.45. The van der Waals surface area contributed by atoms with Crippen molar-refractivity contribution < 1.29 is 11.9 Å². The van der Waals surface area contributed by atoms with Gasteiger partial charge in [-0.15, -0.1) is 0 Å². The average Bonchev–Trinajstić information content (AvgIpc) is 2.97. The van der Waals surface area contributed by atoms with Crippen molar-refractivity contribution in [2.24, 2.45) is 0 Å². The van der Waals surface area contributed by atoms with Crippen molar-refractivity contribution in [3.05, 3.63) is 99.9 Å². The third-order valence-corrected chi connectivity index (χ3v) is 8.32. The SMILES string of the molecule is [2H]C([2H])=Cc1cccc(F)c1-c1cc2c(cc1Cl)c(N1[C@@H](C)CN(C(=O)C=C)C[C@@H]1C)nc(=O)n2-c1c(C)ccnc1C(C)C. The number of hydrogen-bond acceptors (Lipinski definition) is 5.